The van der Waals surface area contributed by atoms with Gasteiger partial charge in [-0.15, -0.1) is 0 Å². The molecule has 1 aliphatic rings. The Morgan fingerprint density at radius 3 is 2.36 bits per heavy atom. The Kier molecular flexibility index (Phi) is 3.52. The van der Waals surface area contributed by atoms with Crippen LogP contribution in [0.15, 0.2) is 11.3 Å². The molecule has 1 saturated heterocycles. The molecule has 1 heterocycles. The van der Waals surface area contributed by atoms with Crippen LogP contribution in [0.5, 0.6) is 0 Å². The summed E-state index contributed by atoms with van der Waals surface area (Å²) in [7, 11) is 0. The van der Waals surface area contributed by atoms with E-state index in [-0.39, 0.29) is 17.2 Å². The molecule has 1 amide bonds. The van der Waals surface area contributed by atoms with Crippen LogP contribution in [0.3, 0.4) is 0 Å². The number of allylic oxidation sites excluding steroid dienone is 1. The fraction of sp³-hybridized carbons (Fsp3) is 0.600. The van der Waals surface area contributed by atoms with Crippen molar-refractivity contribution in [3.05, 3.63) is 11.3 Å². The van der Waals surface area contributed by atoms with Crippen LogP contribution in [0.2, 0.25) is 0 Å². The molecule has 0 radical (unpaired) electrons. The highest BCUT2D eigenvalue weighted by Gasteiger charge is 2.21. The summed E-state index contributed by atoms with van der Waals surface area (Å²) in [6.07, 6.45) is 3.09. The molecule has 0 aliphatic carbocycles. The summed E-state index contributed by atoms with van der Waals surface area (Å²) in [5.74, 6) is -0.532. The summed E-state index contributed by atoms with van der Waals surface area (Å²) in [6.45, 7) is 2.75. The molecule has 0 saturated carbocycles. The predicted molar refractivity (Wildman–Crippen MR) is 51.4 cm³/mol. The van der Waals surface area contributed by atoms with Crippen molar-refractivity contribution >= 4 is 5.91 Å². The first kappa shape index (κ1) is 10.6. The Morgan fingerprint density at radius 1 is 1.36 bits per heavy atom. The van der Waals surface area contributed by atoms with Crippen molar-refractivity contribution in [3.8, 4) is 6.07 Å². The number of likely N-dealkylation sites (tertiary alicyclic amines) is 1. The van der Waals surface area contributed by atoms with Crippen molar-refractivity contribution in [2.24, 2.45) is 0 Å². The van der Waals surface area contributed by atoms with Crippen molar-refractivity contribution in [1.82, 2.24) is 4.90 Å². The summed E-state index contributed by atoms with van der Waals surface area (Å²) in [4.78, 5) is 13.3. The molecule has 1 fully saturated rings. The van der Waals surface area contributed by atoms with Gasteiger partial charge in [-0.3, -0.25) is 4.79 Å². The second-order valence-electron chi connectivity index (χ2n) is 3.43. The van der Waals surface area contributed by atoms with E-state index in [0.29, 0.717) is 13.1 Å². The largest absolute Gasteiger partial charge is 0.511 e. The number of aliphatic hydroxyl groups excluding tert-OH is 1. The van der Waals surface area contributed by atoms with E-state index in [1.54, 1.807) is 11.0 Å². The Bertz CT molecular complexity index is 292. The zero-order valence-corrected chi connectivity index (χ0v) is 8.29. The van der Waals surface area contributed by atoms with Gasteiger partial charge in [0.1, 0.15) is 11.8 Å². The highest BCUT2D eigenvalue weighted by molar-refractivity contribution is 5.97. The van der Waals surface area contributed by atoms with Crippen LogP contribution in [0, 0.1) is 11.3 Å². The van der Waals surface area contributed by atoms with E-state index in [1.807, 2.05) is 0 Å². The maximum absolute atomic E-state index is 11.7. The number of nitrogens with zero attached hydrogens (tertiary/aromatic N) is 2. The minimum Gasteiger partial charge on any atom is -0.511 e. The number of hydrogen-bond donors (Lipinski definition) is 1. The maximum atomic E-state index is 11.7. The number of amides is 1. The summed E-state index contributed by atoms with van der Waals surface area (Å²) in [5, 5.41) is 17.8. The first-order valence-electron chi connectivity index (χ1n) is 4.76. The van der Waals surface area contributed by atoms with Crippen molar-refractivity contribution in [3.63, 3.8) is 0 Å². The first-order valence-corrected chi connectivity index (χ1v) is 4.76. The molecule has 14 heavy (non-hydrogen) atoms. The molecule has 0 unspecified atom stereocenters. The molecule has 0 aromatic rings. The molecule has 0 aromatic carbocycles. The highest BCUT2D eigenvalue weighted by atomic mass is 16.3. The number of aliphatic hydroxyl groups is 1. The van der Waals surface area contributed by atoms with Crippen LogP contribution in [-0.2, 0) is 4.79 Å². The van der Waals surface area contributed by atoms with Crippen LogP contribution in [-0.4, -0.2) is 29.0 Å². The third-order valence-electron chi connectivity index (χ3n) is 2.33. The average Bonchev–Trinajstić information content (AvgIpc) is 2.19. The lowest BCUT2D eigenvalue weighted by Crippen LogP contribution is -2.36. The predicted octanol–water partition coefficient (Wildman–Crippen LogP) is 1.35. The van der Waals surface area contributed by atoms with E-state index in [9.17, 15) is 4.79 Å². The highest BCUT2D eigenvalue weighted by Crippen LogP contribution is 2.13. The molecule has 4 nitrogen and oxygen atoms in total. The molecule has 76 valence electrons. The van der Waals surface area contributed by atoms with Crippen LogP contribution < -0.4 is 0 Å². The SMILES string of the molecule is CC(O)=C(C#N)C(=O)N1CCCCC1. The van der Waals surface area contributed by atoms with Gasteiger partial charge in [0, 0.05) is 13.1 Å². The van der Waals surface area contributed by atoms with Gasteiger partial charge in [-0.05, 0) is 26.2 Å². The lowest BCUT2D eigenvalue weighted by atomic mass is 10.1. The standard InChI is InChI=1S/C10H14N2O2/c1-8(13)9(7-11)10(14)12-5-3-2-4-6-12/h13H,2-6H2,1H3. The van der Waals surface area contributed by atoms with Gasteiger partial charge < -0.3 is 10.0 Å². The average molecular weight is 194 g/mol. The quantitative estimate of drug-likeness (QED) is 0.389. The van der Waals surface area contributed by atoms with Gasteiger partial charge in [0.25, 0.3) is 5.91 Å². The summed E-state index contributed by atoms with van der Waals surface area (Å²) in [6, 6.07) is 1.74. The van der Waals surface area contributed by atoms with Crippen LogP contribution in [0.1, 0.15) is 26.2 Å². The number of carbonyl (C=O) groups is 1. The normalized spacial score (nSPS) is 18.4. The van der Waals surface area contributed by atoms with Crippen molar-refractivity contribution in [1.29, 1.82) is 5.26 Å². The summed E-state index contributed by atoms with van der Waals surface area (Å²) in [5.41, 5.74) is -0.132. The van der Waals surface area contributed by atoms with Gasteiger partial charge in [0.2, 0.25) is 0 Å². The Balaban J connectivity index is 2.73. The second kappa shape index (κ2) is 4.66. The second-order valence-corrected chi connectivity index (χ2v) is 3.43. The molecule has 1 aliphatic heterocycles. The number of rotatable bonds is 1. The summed E-state index contributed by atoms with van der Waals surface area (Å²) < 4.78 is 0. The fourth-order valence-electron chi connectivity index (χ4n) is 1.54. The third-order valence-corrected chi connectivity index (χ3v) is 2.33. The van der Waals surface area contributed by atoms with E-state index in [1.165, 1.54) is 6.92 Å². The minimum atomic E-state index is -0.341. The number of piperidine rings is 1. The smallest absolute Gasteiger partial charge is 0.267 e. The Hall–Kier alpha value is -1.50. The van der Waals surface area contributed by atoms with E-state index >= 15 is 0 Å². The number of carbonyl (C=O) groups excluding carboxylic acids is 1. The third kappa shape index (κ3) is 2.25. The zero-order valence-electron chi connectivity index (χ0n) is 8.29. The van der Waals surface area contributed by atoms with Gasteiger partial charge in [0.05, 0.1) is 0 Å². The van der Waals surface area contributed by atoms with Crippen LogP contribution >= 0.6 is 0 Å². The molecule has 0 spiro atoms. The minimum absolute atomic E-state index is 0.132. The van der Waals surface area contributed by atoms with Crippen molar-refractivity contribution in [2.45, 2.75) is 26.2 Å². The van der Waals surface area contributed by atoms with E-state index < -0.39 is 0 Å². The van der Waals surface area contributed by atoms with Crippen LogP contribution in [0.25, 0.3) is 0 Å². The van der Waals surface area contributed by atoms with Crippen molar-refractivity contribution in [2.75, 3.05) is 13.1 Å². The molecule has 1 rings (SSSR count). The van der Waals surface area contributed by atoms with Gasteiger partial charge >= 0.3 is 0 Å². The summed E-state index contributed by atoms with van der Waals surface area (Å²) >= 11 is 0. The molecule has 0 bridgehead atoms. The van der Waals surface area contributed by atoms with Gasteiger partial charge in [0.15, 0.2) is 5.57 Å². The van der Waals surface area contributed by atoms with E-state index in [4.69, 9.17) is 10.4 Å². The topological polar surface area (TPSA) is 64.3 Å². The lowest BCUT2D eigenvalue weighted by molar-refractivity contribution is -0.127. The van der Waals surface area contributed by atoms with E-state index in [2.05, 4.69) is 0 Å². The van der Waals surface area contributed by atoms with E-state index in [0.717, 1.165) is 19.3 Å². The monoisotopic (exact) mass is 194 g/mol. The zero-order chi connectivity index (χ0) is 10.6. The number of hydrogen-bond acceptors (Lipinski definition) is 3. The van der Waals surface area contributed by atoms with Crippen molar-refractivity contribution < 1.29 is 9.90 Å². The maximum Gasteiger partial charge on any atom is 0.267 e. The molecule has 0 aromatic heterocycles. The fourth-order valence-corrected chi connectivity index (χ4v) is 1.54. The van der Waals surface area contributed by atoms with Crippen LogP contribution in [0.4, 0.5) is 0 Å². The first-order chi connectivity index (χ1) is 6.66. The Morgan fingerprint density at radius 2 is 1.93 bits per heavy atom. The van der Waals surface area contributed by atoms with Gasteiger partial charge in [-0.1, -0.05) is 0 Å². The Labute approximate surface area is 83.4 Å². The van der Waals surface area contributed by atoms with Gasteiger partial charge in [-0.2, -0.15) is 5.26 Å². The molecule has 1 N–H and O–H groups in total. The molecular weight excluding hydrogens is 180 g/mol. The molecule has 0 atom stereocenters. The van der Waals surface area contributed by atoms with Gasteiger partial charge in [-0.25, -0.2) is 0 Å². The number of nitriles is 1. The molecular formula is C10H14N2O2. The molecule has 4 heteroatoms. The lowest BCUT2D eigenvalue weighted by Gasteiger charge is -2.26.